The molecule has 0 aliphatic carbocycles. The maximum atomic E-state index is 12.6. The number of pyridine rings is 1. The zero-order valence-electron chi connectivity index (χ0n) is 11.6. The van der Waals surface area contributed by atoms with Crippen molar-refractivity contribution < 1.29 is 4.79 Å². The standard InChI is InChI=1S/C17H18N2O/c1-13-10-15(12-18-11-13)16-8-5-9-19(16)17(20)14-6-3-2-4-7-14/h2-4,6-7,10-12,16H,5,8-9H2,1H3/t16-/m0/s1. The first-order chi connectivity index (χ1) is 9.75. The van der Waals surface area contributed by atoms with Gasteiger partial charge in [-0.25, -0.2) is 0 Å². The normalized spacial score (nSPS) is 18.2. The molecule has 3 nitrogen and oxygen atoms in total. The molecule has 1 aromatic heterocycles. The Kier molecular flexibility index (Phi) is 3.50. The summed E-state index contributed by atoms with van der Waals surface area (Å²) in [6.45, 7) is 2.86. The summed E-state index contributed by atoms with van der Waals surface area (Å²) >= 11 is 0. The first-order valence-corrected chi connectivity index (χ1v) is 7.03. The molecule has 1 aliphatic rings. The molecule has 1 fully saturated rings. The largest absolute Gasteiger partial charge is 0.332 e. The van der Waals surface area contributed by atoms with E-state index in [0.29, 0.717) is 0 Å². The molecule has 3 rings (SSSR count). The van der Waals surface area contributed by atoms with Crippen LogP contribution >= 0.6 is 0 Å². The second-order valence-corrected chi connectivity index (χ2v) is 5.32. The summed E-state index contributed by atoms with van der Waals surface area (Å²) in [5, 5.41) is 0. The van der Waals surface area contributed by atoms with Crippen LogP contribution < -0.4 is 0 Å². The Morgan fingerprint density at radius 2 is 2.05 bits per heavy atom. The first kappa shape index (κ1) is 12.9. The van der Waals surface area contributed by atoms with Crippen molar-refractivity contribution in [2.24, 2.45) is 0 Å². The van der Waals surface area contributed by atoms with Crippen LogP contribution in [0.2, 0.25) is 0 Å². The van der Waals surface area contributed by atoms with Crippen molar-refractivity contribution in [3.63, 3.8) is 0 Å². The Balaban J connectivity index is 1.88. The van der Waals surface area contributed by atoms with Gasteiger partial charge in [0.1, 0.15) is 0 Å². The monoisotopic (exact) mass is 266 g/mol. The Bertz CT molecular complexity index is 609. The molecule has 3 heteroatoms. The number of rotatable bonds is 2. The Hall–Kier alpha value is -2.16. The van der Waals surface area contributed by atoms with Crippen molar-refractivity contribution in [3.05, 3.63) is 65.5 Å². The van der Waals surface area contributed by atoms with Gasteiger partial charge >= 0.3 is 0 Å². The predicted octanol–water partition coefficient (Wildman–Crippen LogP) is 3.37. The molecule has 1 amide bonds. The molecule has 1 aromatic carbocycles. The van der Waals surface area contributed by atoms with E-state index in [4.69, 9.17) is 0 Å². The van der Waals surface area contributed by atoms with E-state index in [9.17, 15) is 4.79 Å². The quantitative estimate of drug-likeness (QED) is 0.835. The van der Waals surface area contributed by atoms with Gasteiger partial charge in [-0.05, 0) is 43.0 Å². The van der Waals surface area contributed by atoms with Crippen molar-refractivity contribution in [2.75, 3.05) is 6.54 Å². The maximum Gasteiger partial charge on any atom is 0.254 e. The highest BCUT2D eigenvalue weighted by Crippen LogP contribution is 2.32. The molecule has 1 saturated heterocycles. The third-order valence-electron chi connectivity index (χ3n) is 3.82. The van der Waals surface area contributed by atoms with Gasteiger partial charge < -0.3 is 4.90 Å². The molecular formula is C17H18N2O. The molecule has 2 heterocycles. The highest BCUT2D eigenvalue weighted by molar-refractivity contribution is 5.94. The van der Waals surface area contributed by atoms with E-state index < -0.39 is 0 Å². The van der Waals surface area contributed by atoms with E-state index in [1.54, 1.807) is 0 Å². The molecule has 0 N–H and O–H groups in total. The van der Waals surface area contributed by atoms with Crippen molar-refractivity contribution in [2.45, 2.75) is 25.8 Å². The van der Waals surface area contributed by atoms with Crippen molar-refractivity contribution in [1.29, 1.82) is 0 Å². The summed E-state index contributed by atoms with van der Waals surface area (Å²) in [6, 6.07) is 11.8. The summed E-state index contributed by atoms with van der Waals surface area (Å²) in [7, 11) is 0. The van der Waals surface area contributed by atoms with E-state index in [1.807, 2.05) is 54.5 Å². The highest BCUT2D eigenvalue weighted by atomic mass is 16.2. The third-order valence-corrected chi connectivity index (χ3v) is 3.82. The van der Waals surface area contributed by atoms with E-state index in [-0.39, 0.29) is 11.9 Å². The van der Waals surface area contributed by atoms with Crippen LogP contribution in [0, 0.1) is 6.92 Å². The number of carbonyl (C=O) groups is 1. The average Bonchev–Trinajstić information content (AvgIpc) is 2.97. The minimum atomic E-state index is 0.120. The fraction of sp³-hybridized carbons (Fsp3) is 0.294. The molecule has 0 bridgehead atoms. The number of aromatic nitrogens is 1. The van der Waals surface area contributed by atoms with Crippen LogP contribution in [0.5, 0.6) is 0 Å². The number of benzene rings is 1. The number of carbonyl (C=O) groups excluding carboxylic acids is 1. The molecular weight excluding hydrogens is 248 g/mol. The van der Waals surface area contributed by atoms with Gasteiger partial charge in [0.05, 0.1) is 6.04 Å². The topological polar surface area (TPSA) is 33.2 Å². The smallest absolute Gasteiger partial charge is 0.254 e. The molecule has 20 heavy (non-hydrogen) atoms. The molecule has 0 unspecified atom stereocenters. The lowest BCUT2D eigenvalue weighted by Crippen LogP contribution is -2.30. The van der Waals surface area contributed by atoms with Gasteiger partial charge in [0.2, 0.25) is 0 Å². The second kappa shape index (κ2) is 5.45. The van der Waals surface area contributed by atoms with E-state index in [1.165, 1.54) is 0 Å². The van der Waals surface area contributed by atoms with Gasteiger partial charge in [0.15, 0.2) is 0 Å². The average molecular weight is 266 g/mol. The fourth-order valence-electron chi connectivity index (χ4n) is 2.86. The van der Waals surface area contributed by atoms with Crippen LogP contribution in [0.15, 0.2) is 48.8 Å². The fourth-order valence-corrected chi connectivity index (χ4v) is 2.86. The van der Waals surface area contributed by atoms with Crippen molar-refractivity contribution in [3.8, 4) is 0 Å². The van der Waals surface area contributed by atoms with E-state index in [2.05, 4.69) is 11.1 Å². The van der Waals surface area contributed by atoms with Gasteiger partial charge in [0.25, 0.3) is 5.91 Å². The van der Waals surface area contributed by atoms with Crippen LogP contribution in [0.4, 0.5) is 0 Å². The van der Waals surface area contributed by atoms with Crippen LogP contribution in [0.1, 0.15) is 40.4 Å². The Morgan fingerprint density at radius 3 is 2.80 bits per heavy atom. The van der Waals surface area contributed by atoms with Crippen LogP contribution in [0.3, 0.4) is 0 Å². The summed E-state index contributed by atoms with van der Waals surface area (Å²) < 4.78 is 0. The maximum absolute atomic E-state index is 12.6. The lowest BCUT2D eigenvalue weighted by molar-refractivity contribution is 0.0735. The zero-order valence-corrected chi connectivity index (χ0v) is 11.6. The van der Waals surface area contributed by atoms with Crippen LogP contribution in [-0.2, 0) is 0 Å². The number of amides is 1. The lowest BCUT2D eigenvalue weighted by Gasteiger charge is -2.25. The second-order valence-electron chi connectivity index (χ2n) is 5.32. The van der Waals surface area contributed by atoms with Crippen molar-refractivity contribution in [1.82, 2.24) is 9.88 Å². The third kappa shape index (κ3) is 2.44. The minimum Gasteiger partial charge on any atom is -0.332 e. The summed E-state index contributed by atoms with van der Waals surface area (Å²) in [5.74, 6) is 0.120. The molecule has 2 aromatic rings. The minimum absolute atomic E-state index is 0.120. The first-order valence-electron chi connectivity index (χ1n) is 7.03. The molecule has 1 aliphatic heterocycles. The molecule has 0 radical (unpaired) electrons. The Labute approximate surface area is 119 Å². The van der Waals surface area contributed by atoms with E-state index in [0.717, 1.165) is 36.1 Å². The van der Waals surface area contributed by atoms with Gasteiger partial charge in [-0.2, -0.15) is 0 Å². The predicted molar refractivity (Wildman–Crippen MR) is 78.4 cm³/mol. The molecule has 0 spiro atoms. The number of hydrogen-bond donors (Lipinski definition) is 0. The highest BCUT2D eigenvalue weighted by Gasteiger charge is 2.30. The number of likely N-dealkylation sites (tertiary alicyclic amines) is 1. The zero-order chi connectivity index (χ0) is 13.9. The lowest BCUT2D eigenvalue weighted by atomic mass is 10.0. The number of aryl methyl sites for hydroxylation is 1. The molecule has 0 saturated carbocycles. The Morgan fingerprint density at radius 1 is 1.25 bits per heavy atom. The molecule has 102 valence electrons. The molecule has 1 atom stereocenters. The van der Waals surface area contributed by atoms with E-state index >= 15 is 0 Å². The van der Waals surface area contributed by atoms with Crippen molar-refractivity contribution >= 4 is 5.91 Å². The summed E-state index contributed by atoms with van der Waals surface area (Å²) in [5.41, 5.74) is 3.05. The van der Waals surface area contributed by atoms with Gasteiger partial charge in [0, 0.05) is 24.5 Å². The van der Waals surface area contributed by atoms with Gasteiger partial charge in [-0.1, -0.05) is 24.3 Å². The number of hydrogen-bond acceptors (Lipinski definition) is 2. The van der Waals surface area contributed by atoms with Gasteiger partial charge in [-0.15, -0.1) is 0 Å². The number of nitrogens with zero attached hydrogens (tertiary/aromatic N) is 2. The van der Waals surface area contributed by atoms with Crippen LogP contribution in [0.25, 0.3) is 0 Å². The SMILES string of the molecule is Cc1cncc([C@@H]2CCCN2C(=O)c2ccccc2)c1. The summed E-state index contributed by atoms with van der Waals surface area (Å²) in [6.07, 6.45) is 5.80. The van der Waals surface area contributed by atoms with Gasteiger partial charge in [-0.3, -0.25) is 9.78 Å². The summed E-state index contributed by atoms with van der Waals surface area (Å²) in [4.78, 5) is 18.9. The van der Waals surface area contributed by atoms with Crippen LogP contribution in [-0.4, -0.2) is 22.3 Å².